The minimum Gasteiger partial charge on any atom is -0.324 e. The van der Waals surface area contributed by atoms with Gasteiger partial charge in [0.2, 0.25) is 0 Å². The monoisotopic (exact) mass is 475 g/mol. The molecule has 0 fully saturated rings. The van der Waals surface area contributed by atoms with Crippen LogP contribution in [0.25, 0.3) is 0 Å². The van der Waals surface area contributed by atoms with Gasteiger partial charge in [0.1, 0.15) is 0 Å². The molecule has 0 radical (unpaired) electrons. The Hall–Kier alpha value is -1.90. The summed E-state index contributed by atoms with van der Waals surface area (Å²) in [6.07, 6.45) is 4.18. The number of nitrogens with two attached hydrogens (primary N) is 1. The molecule has 0 unspecified atom stereocenters. The van der Waals surface area contributed by atoms with Crippen molar-refractivity contribution in [3.63, 3.8) is 0 Å². The first-order valence-electron chi connectivity index (χ1n) is 6.93. The number of rotatable bonds is 3. The summed E-state index contributed by atoms with van der Waals surface area (Å²) in [6, 6.07) is 20.1. The molecular weight excluding hydrogens is 455 g/mol. The van der Waals surface area contributed by atoms with Crippen LogP contribution in [0.5, 0.6) is 0 Å². The number of para-hydroxylation sites is 1. The van der Waals surface area contributed by atoms with Gasteiger partial charge in [-0.2, -0.15) is 0 Å². The number of nitrogens with zero attached hydrogens (tertiary/aromatic N) is 2. The van der Waals surface area contributed by atoms with E-state index in [1.165, 1.54) is 9.37 Å². The molecule has 118 valence electrons. The van der Waals surface area contributed by atoms with E-state index in [0.717, 1.165) is 12.2 Å². The molecule has 3 N–H and O–H groups in total. The number of hydrogen-bond donors (Lipinski definition) is 2. The molecule has 0 amide bonds. The molecule has 2 aromatic carbocycles. The summed E-state index contributed by atoms with van der Waals surface area (Å²) >= 11 is 2.34. The normalized spacial score (nSPS) is 9.82. The fourth-order valence-corrected chi connectivity index (χ4v) is 2.44. The van der Waals surface area contributed by atoms with Crippen LogP contribution in [0.4, 0.5) is 5.69 Å². The number of aromatic nitrogens is 2. The van der Waals surface area contributed by atoms with Gasteiger partial charge in [-0.25, -0.2) is 0 Å². The fourth-order valence-electron chi connectivity index (χ4n) is 1.92. The van der Waals surface area contributed by atoms with Crippen LogP contribution in [0, 0.1) is 3.80 Å². The van der Waals surface area contributed by atoms with Crippen molar-refractivity contribution in [2.24, 2.45) is 12.9 Å². The molecule has 5 heteroatoms. The second-order valence-electron chi connectivity index (χ2n) is 4.77. The first-order valence-corrected chi connectivity index (χ1v) is 8.07. The van der Waals surface area contributed by atoms with Gasteiger partial charge in [0.15, 0.2) is 0 Å². The van der Waals surface area contributed by atoms with Gasteiger partial charge in [-0.05, 0) is 12.1 Å². The van der Waals surface area contributed by atoms with Crippen LogP contribution < -0.4 is 11.3 Å². The van der Waals surface area contributed by atoms with Gasteiger partial charge in [-0.15, -0.1) is 0 Å². The SMILES string of the molecule is Cn1ccn(Cc2ccccc2)[c]1=[Pt].NNc1ccccc1. The third-order valence-electron chi connectivity index (χ3n) is 3.09. The summed E-state index contributed by atoms with van der Waals surface area (Å²) in [7, 11) is 2.06. The van der Waals surface area contributed by atoms with Crippen LogP contribution in [0.2, 0.25) is 0 Å². The van der Waals surface area contributed by atoms with Crippen LogP contribution in [-0.4, -0.2) is 9.13 Å². The minimum atomic E-state index is 0.938. The Morgan fingerprint density at radius 3 is 2.00 bits per heavy atom. The summed E-state index contributed by atoms with van der Waals surface area (Å²) in [5.41, 5.74) is 4.80. The van der Waals surface area contributed by atoms with Gasteiger partial charge in [-0.1, -0.05) is 18.2 Å². The van der Waals surface area contributed by atoms with E-state index in [1.807, 2.05) is 36.4 Å². The van der Waals surface area contributed by atoms with E-state index in [9.17, 15) is 0 Å². The van der Waals surface area contributed by atoms with Gasteiger partial charge >= 0.3 is 94.2 Å². The summed E-state index contributed by atoms with van der Waals surface area (Å²) < 4.78 is 5.59. The predicted octanol–water partition coefficient (Wildman–Crippen LogP) is 2.93. The van der Waals surface area contributed by atoms with Crippen molar-refractivity contribution in [2.45, 2.75) is 6.54 Å². The molecule has 22 heavy (non-hydrogen) atoms. The maximum absolute atomic E-state index is 5.10. The molecule has 0 bridgehead atoms. The van der Waals surface area contributed by atoms with Crippen molar-refractivity contribution < 1.29 is 19.4 Å². The third-order valence-corrected chi connectivity index (χ3v) is 4.55. The molecule has 0 aliphatic carbocycles. The van der Waals surface area contributed by atoms with E-state index in [1.54, 1.807) is 0 Å². The van der Waals surface area contributed by atoms with Crippen molar-refractivity contribution in [3.8, 4) is 0 Å². The Labute approximate surface area is 141 Å². The third kappa shape index (κ3) is 4.83. The van der Waals surface area contributed by atoms with Crippen LogP contribution >= 0.6 is 0 Å². The number of benzene rings is 2. The van der Waals surface area contributed by atoms with Gasteiger partial charge in [0.25, 0.3) is 0 Å². The zero-order valence-corrected chi connectivity index (χ0v) is 14.7. The van der Waals surface area contributed by atoms with E-state index < -0.39 is 0 Å². The second kappa shape index (κ2) is 8.52. The van der Waals surface area contributed by atoms with E-state index in [4.69, 9.17) is 5.84 Å². The molecule has 4 nitrogen and oxygen atoms in total. The number of hydrazine groups is 1. The summed E-state index contributed by atoms with van der Waals surface area (Å²) in [5, 5.41) is 0. The van der Waals surface area contributed by atoms with E-state index in [-0.39, 0.29) is 0 Å². The van der Waals surface area contributed by atoms with Gasteiger partial charge in [0, 0.05) is 5.69 Å². The zero-order valence-electron chi connectivity index (χ0n) is 12.4. The summed E-state index contributed by atoms with van der Waals surface area (Å²) in [5.74, 6) is 5.10. The van der Waals surface area contributed by atoms with Crippen LogP contribution in [-0.2, 0) is 32.9 Å². The van der Waals surface area contributed by atoms with E-state index in [2.05, 4.69) is 77.6 Å². The smallest absolute Gasteiger partial charge is 0.0485 e. The number of anilines is 1. The van der Waals surface area contributed by atoms with Crippen molar-refractivity contribution in [1.29, 1.82) is 0 Å². The maximum atomic E-state index is 5.10. The molecule has 0 saturated carbocycles. The average Bonchev–Trinajstić information content (AvgIpc) is 2.89. The second-order valence-corrected chi connectivity index (χ2v) is 5.79. The van der Waals surface area contributed by atoms with Crippen LogP contribution in [0.15, 0.2) is 73.1 Å². The van der Waals surface area contributed by atoms with Crippen LogP contribution in [0.1, 0.15) is 5.56 Å². The molecule has 3 aromatic rings. The van der Waals surface area contributed by atoms with E-state index >= 15 is 0 Å². The minimum absolute atomic E-state index is 0.938. The first-order chi connectivity index (χ1) is 10.7. The molecule has 0 saturated heterocycles. The number of nitrogen functional groups attached to an aromatic ring is 1. The van der Waals surface area contributed by atoms with Crippen molar-refractivity contribution in [1.82, 2.24) is 9.13 Å². The molecule has 0 aliphatic heterocycles. The van der Waals surface area contributed by atoms with Crippen molar-refractivity contribution >= 4 is 5.69 Å². The Morgan fingerprint density at radius 1 is 0.955 bits per heavy atom. The zero-order chi connectivity index (χ0) is 15.8. The molecule has 0 aliphatic rings. The number of hydrogen-bond acceptors (Lipinski definition) is 2. The van der Waals surface area contributed by atoms with Gasteiger partial charge in [-0.3, -0.25) is 5.84 Å². The Balaban J connectivity index is 0.000000188. The standard InChI is InChI=1S/C11H12N2.C6H8N2.Pt/c1-12-7-8-13(10-12)9-11-5-3-2-4-6-11;7-8-6-4-2-1-3-5-6;/h2-8H,9H2,1H3;1-5,8H,7H2;. The average molecular weight is 475 g/mol. The Morgan fingerprint density at radius 2 is 1.55 bits per heavy atom. The summed E-state index contributed by atoms with van der Waals surface area (Å²) in [4.78, 5) is 0. The molecule has 0 atom stereocenters. The largest absolute Gasteiger partial charge is 0.324 e. The molecular formula is C17H20N4Pt. The fraction of sp³-hybridized carbons (Fsp3) is 0.118. The van der Waals surface area contributed by atoms with Crippen molar-refractivity contribution in [2.75, 3.05) is 5.43 Å². The van der Waals surface area contributed by atoms with Gasteiger partial charge in [0.05, 0.1) is 0 Å². The Bertz CT molecular complexity index is 732. The number of imidazole rings is 1. The topological polar surface area (TPSA) is 47.9 Å². The van der Waals surface area contributed by atoms with Crippen molar-refractivity contribution in [3.05, 3.63) is 82.4 Å². The predicted molar refractivity (Wildman–Crippen MR) is 86.4 cm³/mol. The molecule has 3 rings (SSSR count). The maximum Gasteiger partial charge on any atom is 0.0485 e. The molecule has 1 heterocycles. The number of aryl methyl sites for hydroxylation is 1. The molecule has 1 aromatic heterocycles. The van der Waals surface area contributed by atoms with Gasteiger partial charge < -0.3 is 5.43 Å². The van der Waals surface area contributed by atoms with E-state index in [0.29, 0.717) is 0 Å². The number of nitrogens with one attached hydrogen (secondary N) is 1. The first kappa shape index (κ1) is 16.5. The summed E-state index contributed by atoms with van der Waals surface area (Å²) in [6.45, 7) is 0.945. The quantitative estimate of drug-likeness (QED) is 0.452. The molecule has 0 spiro atoms. The Kier molecular flexibility index (Phi) is 6.38. The van der Waals surface area contributed by atoms with Crippen LogP contribution in [0.3, 0.4) is 0 Å².